The van der Waals surface area contributed by atoms with Crippen LogP contribution in [0.15, 0.2) is 12.7 Å². The number of halogens is 4. The van der Waals surface area contributed by atoms with Gasteiger partial charge in [-0.25, -0.2) is 4.79 Å². The molecule has 0 fully saturated rings. The molecule has 0 amide bonds. The Bertz CT molecular complexity index is 208. The van der Waals surface area contributed by atoms with E-state index in [2.05, 4.69) is 11.3 Å². The zero-order valence-electron chi connectivity index (χ0n) is 6.27. The van der Waals surface area contributed by atoms with E-state index >= 15 is 0 Å². The molecule has 0 saturated heterocycles. The van der Waals surface area contributed by atoms with Gasteiger partial charge in [0.1, 0.15) is 6.42 Å². The topological polar surface area (TPSA) is 46.5 Å². The van der Waals surface area contributed by atoms with Gasteiger partial charge in [0.25, 0.3) is 0 Å². The zero-order chi connectivity index (χ0) is 10.7. The molecule has 13 heavy (non-hydrogen) atoms. The summed E-state index contributed by atoms with van der Waals surface area (Å²) < 4.78 is 50.2. The Labute approximate surface area is 70.6 Å². The fraction of sp³-hybridized carbons (Fsp3) is 0.500. The van der Waals surface area contributed by atoms with Crippen molar-refractivity contribution in [3.8, 4) is 0 Å². The van der Waals surface area contributed by atoms with E-state index in [-0.39, 0.29) is 0 Å². The van der Waals surface area contributed by atoms with Crippen LogP contribution in [0, 0.1) is 0 Å². The van der Waals surface area contributed by atoms with Gasteiger partial charge in [0.15, 0.2) is 0 Å². The summed E-state index contributed by atoms with van der Waals surface area (Å²) in [6.07, 6.45) is -6.81. The molecule has 0 aliphatic heterocycles. The van der Waals surface area contributed by atoms with E-state index in [9.17, 15) is 22.4 Å². The summed E-state index contributed by atoms with van der Waals surface area (Å²) in [5.74, 6) is -1.48. The van der Waals surface area contributed by atoms with E-state index in [1.54, 1.807) is 0 Å². The minimum absolute atomic E-state index is 0.431. The SMILES string of the molecule is C=CC(=O)OC(O)(F)CC(F)(F)F. The number of ether oxygens (including phenoxy) is 1. The minimum Gasteiger partial charge on any atom is -0.401 e. The van der Waals surface area contributed by atoms with Gasteiger partial charge < -0.3 is 9.84 Å². The second-order valence-corrected chi connectivity index (χ2v) is 2.11. The van der Waals surface area contributed by atoms with Crippen LogP contribution in [0.4, 0.5) is 17.6 Å². The number of esters is 1. The Balaban J connectivity index is 4.24. The number of alkyl halides is 4. The summed E-state index contributed by atoms with van der Waals surface area (Å²) in [7, 11) is 0. The summed E-state index contributed by atoms with van der Waals surface area (Å²) in [6.45, 7) is 2.81. The summed E-state index contributed by atoms with van der Waals surface area (Å²) in [5, 5.41) is 8.27. The highest BCUT2D eigenvalue weighted by Gasteiger charge is 2.44. The van der Waals surface area contributed by atoms with Crippen LogP contribution in [0.5, 0.6) is 0 Å². The largest absolute Gasteiger partial charge is 0.401 e. The second kappa shape index (κ2) is 3.73. The maximum atomic E-state index is 12.4. The Morgan fingerprint density at radius 2 is 1.92 bits per heavy atom. The predicted molar refractivity (Wildman–Crippen MR) is 33.0 cm³/mol. The first-order valence-electron chi connectivity index (χ1n) is 3.00. The van der Waals surface area contributed by atoms with Gasteiger partial charge in [-0.05, 0) is 0 Å². The molecule has 1 unspecified atom stereocenters. The van der Waals surface area contributed by atoms with Gasteiger partial charge >= 0.3 is 18.2 Å². The number of carbonyl (C=O) groups excluding carboxylic acids is 1. The third kappa shape index (κ3) is 6.09. The number of rotatable bonds is 3. The average Bonchev–Trinajstić information content (AvgIpc) is 1.80. The Morgan fingerprint density at radius 1 is 1.46 bits per heavy atom. The molecule has 0 aromatic rings. The van der Waals surface area contributed by atoms with Crippen molar-refractivity contribution in [2.45, 2.75) is 18.6 Å². The lowest BCUT2D eigenvalue weighted by molar-refractivity contribution is -0.313. The maximum absolute atomic E-state index is 12.4. The van der Waals surface area contributed by atoms with Crippen molar-refractivity contribution in [2.24, 2.45) is 0 Å². The fourth-order valence-corrected chi connectivity index (χ4v) is 0.479. The highest BCUT2D eigenvalue weighted by molar-refractivity contribution is 5.81. The first-order chi connectivity index (χ1) is 5.66. The Hall–Kier alpha value is -1.11. The standard InChI is InChI=1S/C6H6F4O3/c1-2-4(11)13-6(10,12)3-5(7,8)9/h2,12H,1,3H2. The molecular formula is C6H6F4O3. The van der Waals surface area contributed by atoms with Gasteiger partial charge in [0, 0.05) is 6.08 Å². The summed E-state index contributed by atoms with van der Waals surface area (Å²) in [5.41, 5.74) is 0. The molecule has 0 aromatic heterocycles. The van der Waals surface area contributed by atoms with Crippen molar-refractivity contribution in [3.05, 3.63) is 12.7 Å². The predicted octanol–water partition coefficient (Wildman–Crippen LogP) is 1.28. The van der Waals surface area contributed by atoms with Crippen molar-refractivity contribution >= 4 is 5.97 Å². The molecule has 7 heteroatoms. The normalized spacial score (nSPS) is 16.1. The maximum Gasteiger partial charge on any atom is 0.398 e. The number of carbonyl (C=O) groups is 1. The van der Waals surface area contributed by atoms with Crippen LogP contribution >= 0.6 is 0 Å². The summed E-state index contributed by atoms with van der Waals surface area (Å²) in [6, 6.07) is -4.04. The molecule has 0 spiro atoms. The highest BCUT2D eigenvalue weighted by Crippen LogP contribution is 2.29. The molecule has 0 radical (unpaired) electrons. The molecule has 0 bridgehead atoms. The number of hydrogen-bond acceptors (Lipinski definition) is 3. The van der Waals surface area contributed by atoms with E-state index in [1.807, 2.05) is 0 Å². The fourth-order valence-electron chi connectivity index (χ4n) is 0.479. The van der Waals surface area contributed by atoms with Crippen LogP contribution in [0.1, 0.15) is 6.42 Å². The lowest BCUT2D eigenvalue weighted by atomic mass is 10.4. The first-order valence-corrected chi connectivity index (χ1v) is 3.00. The Morgan fingerprint density at radius 3 is 2.23 bits per heavy atom. The van der Waals surface area contributed by atoms with E-state index in [0.29, 0.717) is 6.08 Å². The van der Waals surface area contributed by atoms with E-state index in [1.165, 1.54) is 0 Å². The van der Waals surface area contributed by atoms with Crippen molar-refractivity contribution in [2.75, 3.05) is 0 Å². The zero-order valence-corrected chi connectivity index (χ0v) is 6.27. The molecule has 76 valence electrons. The third-order valence-corrected chi connectivity index (χ3v) is 0.842. The van der Waals surface area contributed by atoms with Gasteiger partial charge in [0.05, 0.1) is 0 Å². The van der Waals surface area contributed by atoms with Crippen LogP contribution in [0.3, 0.4) is 0 Å². The molecule has 0 aromatic carbocycles. The molecule has 0 aliphatic rings. The smallest absolute Gasteiger partial charge is 0.398 e. The number of aliphatic hydroxyl groups is 1. The van der Waals surface area contributed by atoms with Crippen molar-refractivity contribution in [3.63, 3.8) is 0 Å². The number of hydrogen-bond donors (Lipinski definition) is 1. The van der Waals surface area contributed by atoms with Crippen LogP contribution in [-0.4, -0.2) is 23.3 Å². The molecule has 1 atom stereocenters. The second-order valence-electron chi connectivity index (χ2n) is 2.11. The molecular weight excluding hydrogens is 196 g/mol. The monoisotopic (exact) mass is 202 g/mol. The first kappa shape index (κ1) is 11.9. The molecule has 0 aliphatic carbocycles. The van der Waals surface area contributed by atoms with Crippen LogP contribution in [0.2, 0.25) is 0 Å². The highest BCUT2D eigenvalue weighted by atomic mass is 19.4. The summed E-state index contributed by atoms with van der Waals surface area (Å²) in [4.78, 5) is 10.2. The van der Waals surface area contributed by atoms with Gasteiger partial charge in [-0.15, -0.1) is 0 Å². The van der Waals surface area contributed by atoms with E-state index < -0.39 is 24.6 Å². The minimum atomic E-state index is -4.97. The lowest BCUT2D eigenvalue weighted by Gasteiger charge is -2.19. The van der Waals surface area contributed by atoms with Crippen molar-refractivity contribution in [1.29, 1.82) is 0 Å². The van der Waals surface area contributed by atoms with Crippen LogP contribution < -0.4 is 0 Å². The third-order valence-electron chi connectivity index (χ3n) is 0.842. The molecule has 0 saturated carbocycles. The average molecular weight is 202 g/mol. The van der Waals surface area contributed by atoms with Gasteiger partial charge in [0.2, 0.25) is 0 Å². The van der Waals surface area contributed by atoms with Crippen LogP contribution in [0.25, 0.3) is 0 Å². The van der Waals surface area contributed by atoms with Gasteiger partial charge in [-0.2, -0.15) is 17.6 Å². The molecule has 3 nitrogen and oxygen atoms in total. The van der Waals surface area contributed by atoms with Crippen LogP contribution in [-0.2, 0) is 9.53 Å². The molecule has 0 heterocycles. The van der Waals surface area contributed by atoms with E-state index in [4.69, 9.17) is 5.11 Å². The van der Waals surface area contributed by atoms with Crippen molar-refractivity contribution in [1.82, 2.24) is 0 Å². The van der Waals surface area contributed by atoms with Gasteiger partial charge in [-0.3, -0.25) is 0 Å². The van der Waals surface area contributed by atoms with Crippen molar-refractivity contribution < 1.29 is 32.2 Å². The lowest BCUT2D eigenvalue weighted by Crippen LogP contribution is -2.34. The van der Waals surface area contributed by atoms with Gasteiger partial charge in [-0.1, -0.05) is 6.58 Å². The van der Waals surface area contributed by atoms with E-state index in [0.717, 1.165) is 0 Å². The molecule has 1 N–H and O–H groups in total. The molecule has 0 rings (SSSR count). The quantitative estimate of drug-likeness (QED) is 0.324. The Kier molecular flexibility index (Phi) is 3.42. The summed E-state index contributed by atoms with van der Waals surface area (Å²) >= 11 is 0.